The summed E-state index contributed by atoms with van der Waals surface area (Å²) in [6.45, 7) is 3.05. The fraction of sp³-hybridized carbons (Fsp3) is 0.526. The fourth-order valence-electron chi connectivity index (χ4n) is 3.29. The van der Waals surface area contributed by atoms with Gasteiger partial charge in [0.1, 0.15) is 5.69 Å². The van der Waals surface area contributed by atoms with Crippen molar-refractivity contribution in [2.24, 2.45) is 7.05 Å². The predicted molar refractivity (Wildman–Crippen MR) is 96.4 cm³/mol. The monoisotopic (exact) mass is 329 g/mol. The van der Waals surface area contributed by atoms with Gasteiger partial charge in [-0.25, -0.2) is 0 Å². The van der Waals surface area contributed by atoms with Crippen molar-refractivity contribution >= 4 is 16.8 Å². The molecule has 1 amide bonds. The molecular formula is C19H27N3O2. The van der Waals surface area contributed by atoms with Crippen LogP contribution in [0.4, 0.5) is 0 Å². The number of carbonyl (C=O) groups is 1. The molecule has 3 rings (SSSR count). The number of benzene rings is 1. The van der Waals surface area contributed by atoms with E-state index in [4.69, 9.17) is 4.74 Å². The summed E-state index contributed by atoms with van der Waals surface area (Å²) in [5.41, 5.74) is 1.83. The highest BCUT2D eigenvalue weighted by Gasteiger charge is 2.25. The second-order valence-electron chi connectivity index (χ2n) is 6.84. The van der Waals surface area contributed by atoms with Crippen LogP contribution in [0.25, 0.3) is 10.9 Å². The van der Waals surface area contributed by atoms with Crippen molar-refractivity contribution in [3.63, 3.8) is 0 Å². The molecule has 1 fully saturated rings. The number of ether oxygens (including phenoxy) is 1. The van der Waals surface area contributed by atoms with Gasteiger partial charge < -0.3 is 19.1 Å². The Hall–Kier alpha value is -1.85. The van der Waals surface area contributed by atoms with Crippen molar-refractivity contribution in [1.29, 1.82) is 0 Å². The summed E-state index contributed by atoms with van der Waals surface area (Å²) in [6, 6.07) is 10.1. The van der Waals surface area contributed by atoms with Crippen LogP contribution in [0.2, 0.25) is 0 Å². The molecule has 0 radical (unpaired) electrons. The number of rotatable bonds is 6. The second kappa shape index (κ2) is 7.36. The zero-order valence-electron chi connectivity index (χ0n) is 14.9. The van der Waals surface area contributed by atoms with E-state index in [0.717, 1.165) is 42.6 Å². The van der Waals surface area contributed by atoms with Crippen molar-refractivity contribution in [2.75, 3.05) is 40.3 Å². The number of hydrogen-bond acceptors (Lipinski definition) is 3. The number of amides is 1. The van der Waals surface area contributed by atoms with Gasteiger partial charge in [0.15, 0.2) is 0 Å². The Morgan fingerprint density at radius 1 is 1.29 bits per heavy atom. The Morgan fingerprint density at radius 2 is 2.08 bits per heavy atom. The molecule has 5 heteroatoms. The van der Waals surface area contributed by atoms with E-state index in [1.54, 1.807) is 0 Å². The lowest BCUT2D eigenvalue weighted by Crippen LogP contribution is -2.41. The van der Waals surface area contributed by atoms with Gasteiger partial charge in [-0.3, -0.25) is 4.79 Å². The van der Waals surface area contributed by atoms with Gasteiger partial charge in [-0.2, -0.15) is 0 Å². The molecule has 1 saturated heterocycles. The molecule has 1 aromatic carbocycles. The second-order valence-corrected chi connectivity index (χ2v) is 6.84. The first kappa shape index (κ1) is 17.0. The quantitative estimate of drug-likeness (QED) is 0.816. The lowest BCUT2D eigenvalue weighted by atomic mass is 10.2. The van der Waals surface area contributed by atoms with Gasteiger partial charge in [0.25, 0.3) is 5.91 Å². The first-order chi connectivity index (χ1) is 11.6. The molecule has 24 heavy (non-hydrogen) atoms. The van der Waals surface area contributed by atoms with Crippen LogP contribution in [0.15, 0.2) is 30.3 Å². The highest BCUT2D eigenvalue weighted by molar-refractivity contribution is 5.98. The number of aryl methyl sites for hydroxylation is 1. The van der Waals surface area contributed by atoms with Gasteiger partial charge in [-0.05, 0) is 39.1 Å². The first-order valence-corrected chi connectivity index (χ1v) is 8.66. The van der Waals surface area contributed by atoms with E-state index in [2.05, 4.69) is 17.0 Å². The van der Waals surface area contributed by atoms with Crippen LogP contribution in [0, 0.1) is 0 Å². The van der Waals surface area contributed by atoms with Crippen molar-refractivity contribution in [3.05, 3.63) is 36.0 Å². The van der Waals surface area contributed by atoms with Crippen LogP contribution >= 0.6 is 0 Å². The molecule has 0 N–H and O–H groups in total. The number of para-hydroxylation sites is 1. The van der Waals surface area contributed by atoms with Gasteiger partial charge in [0, 0.05) is 44.2 Å². The summed E-state index contributed by atoms with van der Waals surface area (Å²) >= 11 is 0. The third kappa shape index (κ3) is 3.62. The molecule has 0 aliphatic carbocycles. The van der Waals surface area contributed by atoms with E-state index in [1.807, 2.05) is 48.8 Å². The summed E-state index contributed by atoms with van der Waals surface area (Å²) in [5.74, 6) is 0.0889. The molecule has 0 spiro atoms. The molecule has 0 saturated carbocycles. The summed E-state index contributed by atoms with van der Waals surface area (Å²) in [7, 11) is 6.03. The molecular weight excluding hydrogens is 302 g/mol. The molecule has 2 heterocycles. The normalized spacial score (nSPS) is 17.8. The largest absolute Gasteiger partial charge is 0.376 e. The average molecular weight is 329 g/mol. The van der Waals surface area contributed by atoms with Crippen LogP contribution in [0.1, 0.15) is 23.3 Å². The van der Waals surface area contributed by atoms with E-state index in [9.17, 15) is 4.79 Å². The lowest BCUT2D eigenvalue weighted by molar-refractivity contribution is 0.0505. The van der Waals surface area contributed by atoms with Gasteiger partial charge in [-0.1, -0.05) is 18.2 Å². The standard InChI is InChI=1S/C19H27N3O2/c1-20(2)10-11-22(14-16-8-6-12-24-16)19(23)18-13-15-7-4-5-9-17(15)21(18)3/h4-5,7,9,13,16H,6,8,10-12,14H2,1-3H3/t16-/m1/s1. The van der Waals surface area contributed by atoms with Crippen LogP contribution in [0.5, 0.6) is 0 Å². The highest BCUT2D eigenvalue weighted by Crippen LogP contribution is 2.21. The first-order valence-electron chi connectivity index (χ1n) is 8.66. The summed E-state index contributed by atoms with van der Waals surface area (Å²) in [5, 5.41) is 1.10. The molecule has 1 atom stereocenters. The number of aromatic nitrogens is 1. The van der Waals surface area contributed by atoms with Crippen LogP contribution in [-0.2, 0) is 11.8 Å². The SMILES string of the molecule is CN(C)CCN(C[C@H]1CCCO1)C(=O)c1cc2ccccc2n1C. The highest BCUT2D eigenvalue weighted by atomic mass is 16.5. The molecule has 0 bridgehead atoms. The smallest absolute Gasteiger partial charge is 0.270 e. The summed E-state index contributed by atoms with van der Waals surface area (Å²) in [6.07, 6.45) is 2.31. The van der Waals surface area contributed by atoms with Gasteiger partial charge in [-0.15, -0.1) is 0 Å². The van der Waals surface area contributed by atoms with Crippen molar-refractivity contribution in [1.82, 2.24) is 14.4 Å². The molecule has 0 unspecified atom stereocenters. The molecule has 5 nitrogen and oxygen atoms in total. The summed E-state index contributed by atoms with van der Waals surface area (Å²) in [4.78, 5) is 17.2. The molecule has 2 aromatic rings. The number of carbonyl (C=O) groups excluding carboxylic acids is 1. The Balaban J connectivity index is 1.83. The Bertz CT molecular complexity index is 702. The molecule has 1 aromatic heterocycles. The van der Waals surface area contributed by atoms with Crippen LogP contribution < -0.4 is 0 Å². The van der Waals surface area contributed by atoms with Crippen molar-refractivity contribution < 1.29 is 9.53 Å². The minimum Gasteiger partial charge on any atom is -0.376 e. The zero-order valence-corrected chi connectivity index (χ0v) is 14.9. The van der Waals surface area contributed by atoms with Crippen LogP contribution in [-0.4, -0.2) is 66.7 Å². The third-order valence-corrected chi connectivity index (χ3v) is 4.72. The Morgan fingerprint density at radius 3 is 2.75 bits per heavy atom. The molecule has 1 aliphatic heterocycles. The lowest BCUT2D eigenvalue weighted by Gasteiger charge is -2.27. The van der Waals surface area contributed by atoms with E-state index in [-0.39, 0.29) is 12.0 Å². The molecule has 1 aliphatic rings. The van der Waals surface area contributed by atoms with Gasteiger partial charge in [0.05, 0.1) is 6.10 Å². The predicted octanol–water partition coefficient (Wildman–Crippen LogP) is 2.36. The van der Waals surface area contributed by atoms with E-state index in [0.29, 0.717) is 13.1 Å². The van der Waals surface area contributed by atoms with E-state index < -0.39 is 0 Å². The minimum atomic E-state index is 0.0889. The number of likely N-dealkylation sites (N-methyl/N-ethyl adjacent to an activating group) is 1. The minimum absolute atomic E-state index is 0.0889. The van der Waals surface area contributed by atoms with E-state index in [1.165, 1.54) is 0 Å². The topological polar surface area (TPSA) is 37.7 Å². The fourth-order valence-corrected chi connectivity index (χ4v) is 3.29. The number of nitrogens with zero attached hydrogens (tertiary/aromatic N) is 3. The maximum atomic E-state index is 13.2. The van der Waals surface area contributed by atoms with Crippen molar-refractivity contribution in [3.8, 4) is 0 Å². The summed E-state index contributed by atoms with van der Waals surface area (Å²) < 4.78 is 7.75. The van der Waals surface area contributed by atoms with Gasteiger partial charge >= 0.3 is 0 Å². The maximum absolute atomic E-state index is 13.2. The third-order valence-electron chi connectivity index (χ3n) is 4.72. The molecule has 130 valence electrons. The Kier molecular flexibility index (Phi) is 5.21. The number of fused-ring (bicyclic) bond motifs is 1. The Labute approximate surface area is 143 Å². The average Bonchev–Trinajstić information content (AvgIpc) is 3.19. The van der Waals surface area contributed by atoms with Crippen LogP contribution in [0.3, 0.4) is 0 Å². The zero-order chi connectivity index (χ0) is 17.1. The number of hydrogen-bond donors (Lipinski definition) is 0. The van der Waals surface area contributed by atoms with Crippen molar-refractivity contribution in [2.45, 2.75) is 18.9 Å². The van der Waals surface area contributed by atoms with E-state index >= 15 is 0 Å². The maximum Gasteiger partial charge on any atom is 0.270 e. The van der Waals surface area contributed by atoms with Gasteiger partial charge in [0.2, 0.25) is 0 Å².